The molecule has 0 fully saturated rings. The van der Waals surface area contributed by atoms with E-state index >= 15 is 0 Å². The standard InChI is InChI=1S/C27H32N2O3S3/c1-21-5-9-23(10-6-21)20-34-18-4-17-28-27(30)19-29(24-11-7-22(2)8-12-24)35(31,32)26-15-13-25(33-3)14-16-26/h5-16H,4,17-20H2,1-3H3,(H,28,30). The largest absolute Gasteiger partial charge is 0.354 e. The van der Waals surface area contributed by atoms with Crippen LogP contribution < -0.4 is 9.62 Å². The van der Waals surface area contributed by atoms with E-state index in [0.717, 1.165) is 28.4 Å². The van der Waals surface area contributed by atoms with Crippen LogP contribution in [0.1, 0.15) is 23.1 Å². The second-order valence-corrected chi connectivity index (χ2v) is 12.1. The van der Waals surface area contributed by atoms with Crippen LogP contribution in [0.3, 0.4) is 0 Å². The van der Waals surface area contributed by atoms with Crippen molar-refractivity contribution in [3.63, 3.8) is 0 Å². The van der Waals surface area contributed by atoms with E-state index in [9.17, 15) is 13.2 Å². The van der Waals surface area contributed by atoms with Crippen LogP contribution in [-0.4, -0.2) is 39.4 Å². The van der Waals surface area contributed by atoms with Gasteiger partial charge < -0.3 is 5.32 Å². The van der Waals surface area contributed by atoms with E-state index in [1.54, 1.807) is 48.2 Å². The first-order valence-corrected chi connectivity index (χ1v) is 15.2. The lowest BCUT2D eigenvalue weighted by Crippen LogP contribution is -2.41. The molecule has 5 nitrogen and oxygen atoms in total. The lowest BCUT2D eigenvalue weighted by molar-refractivity contribution is -0.119. The van der Waals surface area contributed by atoms with E-state index in [0.29, 0.717) is 12.2 Å². The number of hydrogen-bond donors (Lipinski definition) is 1. The number of anilines is 1. The average molecular weight is 529 g/mol. The Balaban J connectivity index is 1.59. The fourth-order valence-electron chi connectivity index (χ4n) is 3.36. The van der Waals surface area contributed by atoms with Crippen molar-refractivity contribution in [2.24, 2.45) is 0 Å². The monoisotopic (exact) mass is 528 g/mol. The molecule has 0 radical (unpaired) electrons. The van der Waals surface area contributed by atoms with Crippen molar-refractivity contribution in [3.8, 4) is 0 Å². The van der Waals surface area contributed by atoms with Gasteiger partial charge in [0.25, 0.3) is 10.0 Å². The van der Waals surface area contributed by atoms with Gasteiger partial charge in [-0.2, -0.15) is 11.8 Å². The summed E-state index contributed by atoms with van der Waals surface area (Å²) in [6.45, 7) is 4.25. The number of aryl methyl sites for hydroxylation is 2. The number of sulfonamides is 1. The smallest absolute Gasteiger partial charge is 0.264 e. The molecule has 8 heteroatoms. The molecule has 0 heterocycles. The summed E-state index contributed by atoms with van der Waals surface area (Å²) in [6.07, 6.45) is 2.75. The molecule has 0 aliphatic heterocycles. The lowest BCUT2D eigenvalue weighted by Gasteiger charge is -2.24. The Morgan fingerprint density at radius 3 is 2.09 bits per heavy atom. The molecule has 0 aliphatic carbocycles. The number of benzene rings is 3. The first kappa shape index (κ1) is 27.2. The molecule has 0 aliphatic rings. The number of rotatable bonds is 12. The van der Waals surface area contributed by atoms with E-state index < -0.39 is 10.0 Å². The van der Waals surface area contributed by atoms with Gasteiger partial charge in [-0.25, -0.2) is 8.42 Å². The second-order valence-electron chi connectivity index (χ2n) is 8.26. The molecular weight excluding hydrogens is 497 g/mol. The van der Waals surface area contributed by atoms with Gasteiger partial charge in [-0.3, -0.25) is 9.10 Å². The molecule has 0 atom stereocenters. The van der Waals surface area contributed by atoms with Gasteiger partial charge >= 0.3 is 0 Å². The van der Waals surface area contributed by atoms with Crippen LogP contribution >= 0.6 is 23.5 Å². The van der Waals surface area contributed by atoms with E-state index in [2.05, 4.69) is 36.5 Å². The molecule has 1 amide bonds. The molecule has 0 unspecified atom stereocenters. The van der Waals surface area contributed by atoms with Crippen molar-refractivity contribution in [1.29, 1.82) is 0 Å². The van der Waals surface area contributed by atoms with Crippen LogP contribution in [0.4, 0.5) is 5.69 Å². The van der Waals surface area contributed by atoms with Crippen molar-refractivity contribution in [3.05, 3.63) is 89.5 Å². The van der Waals surface area contributed by atoms with Gasteiger partial charge in [0.05, 0.1) is 10.6 Å². The fourth-order valence-corrected chi connectivity index (χ4v) is 6.11. The normalized spacial score (nSPS) is 11.3. The Labute approximate surface area is 217 Å². The molecule has 0 saturated heterocycles. The van der Waals surface area contributed by atoms with Crippen molar-refractivity contribution in [2.45, 2.75) is 35.8 Å². The van der Waals surface area contributed by atoms with Crippen molar-refractivity contribution >= 4 is 45.1 Å². The fraction of sp³-hybridized carbons (Fsp3) is 0.296. The predicted octanol–water partition coefficient (Wildman–Crippen LogP) is 5.66. The van der Waals surface area contributed by atoms with Gasteiger partial charge in [0.1, 0.15) is 6.54 Å². The van der Waals surface area contributed by atoms with E-state index in [1.165, 1.54) is 15.4 Å². The third-order valence-electron chi connectivity index (χ3n) is 5.43. The highest BCUT2D eigenvalue weighted by atomic mass is 32.2. The number of carbonyl (C=O) groups is 1. The Morgan fingerprint density at radius 2 is 1.49 bits per heavy atom. The van der Waals surface area contributed by atoms with Gasteiger partial charge in [-0.15, -0.1) is 11.8 Å². The van der Waals surface area contributed by atoms with Crippen molar-refractivity contribution < 1.29 is 13.2 Å². The molecule has 186 valence electrons. The highest BCUT2D eigenvalue weighted by Gasteiger charge is 2.27. The zero-order chi connectivity index (χ0) is 25.3. The van der Waals surface area contributed by atoms with Gasteiger partial charge in [0.2, 0.25) is 5.91 Å². The number of nitrogens with zero attached hydrogens (tertiary/aromatic N) is 1. The van der Waals surface area contributed by atoms with Crippen LogP contribution in [0.15, 0.2) is 82.6 Å². The molecule has 0 spiro atoms. The van der Waals surface area contributed by atoms with Crippen LogP contribution in [0.5, 0.6) is 0 Å². The summed E-state index contributed by atoms with van der Waals surface area (Å²) in [5.41, 5.74) is 4.02. The van der Waals surface area contributed by atoms with Gasteiger partial charge in [-0.05, 0) is 74.2 Å². The summed E-state index contributed by atoms with van der Waals surface area (Å²) < 4.78 is 28.1. The summed E-state index contributed by atoms with van der Waals surface area (Å²) in [5, 5.41) is 2.88. The molecule has 0 saturated carbocycles. The maximum atomic E-state index is 13.5. The summed E-state index contributed by atoms with van der Waals surface area (Å²) >= 11 is 3.37. The maximum Gasteiger partial charge on any atom is 0.264 e. The third-order valence-corrected chi connectivity index (χ3v) is 9.08. The highest BCUT2D eigenvalue weighted by Crippen LogP contribution is 2.25. The topological polar surface area (TPSA) is 66.5 Å². The van der Waals surface area contributed by atoms with Crippen molar-refractivity contribution in [2.75, 3.05) is 29.4 Å². The molecule has 3 aromatic carbocycles. The third kappa shape index (κ3) is 8.05. The molecule has 3 aromatic rings. The first-order valence-electron chi connectivity index (χ1n) is 11.4. The van der Waals surface area contributed by atoms with Gasteiger partial charge in [-0.1, -0.05) is 47.5 Å². The molecule has 0 bridgehead atoms. The molecule has 3 rings (SSSR count). The van der Waals surface area contributed by atoms with Gasteiger partial charge in [0, 0.05) is 17.2 Å². The van der Waals surface area contributed by atoms with E-state index in [-0.39, 0.29) is 17.3 Å². The number of nitrogens with one attached hydrogen (secondary N) is 1. The minimum Gasteiger partial charge on any atom is -0.354 e. The summed E-state index contributed by atoms with van der Waals surface area (Å²) in [7, 11) is -3.90. The highest BCUT2D eigenvalue weighted by molar-refractivity contribution is 7.98. The van der Waals surface area contributed by atoms with Crippen molar-refractivity contribution in [1.82, 2.24) is 5.32 Å². The zero-order valence-corrected chi connectivity index (χ0v) is 22.8. The molecule has 1 N–H and O–H groups in total. The molecule has 35 heavy (non-hydrogen) atoms. The number of carbonyl (C=O) groups excluding carboxylic acids is 1. The lowest BCUT2D eigenvalue weighted by atomic mass is 10.2. The number of thioether (sulfide) groups is 2. The maximum absolute atomic E-state index is 13.5. The van der Waals surface area contributed by atoms with Gasteiger partial charge in [0.15, 0.2) is 0 Å². The SMILES string of the molecule is CSc1ccc(S(=O)(=O)N(CC(=O)NCCCSCc2ccc(C)cc2)c2ccc(C)cc2)cc1. The number of hydrogen-bond acceptors (Lipinski definition) is 5. The average Bonchev–Trinajstić information content (AvgIpc) is 2.86. The minimum atomic E-state index is -3.90. The zero-order valence-electron chi connectivity index (χ0n) is 20.4. The van der Waals surface area contributed by atoms with Crippen LogP contribution in [0.2, 0.25) is 0 Å². The molecule has 0 aromatic heterocycles. The Morgan fingerprint density at radius 1 is 0.886 bits per heavy atom. The van der Waals surface area contributed by atoms with E-state index in [4.69, 9.17) is 0 Å². The van der Waals surface area contributed by atoms with Crippen LogP contribution in [-0.2, 0) is 20.6 Å². The Hall–Kier alpha value is -2.42. The summed E-state index contributed by atoms with van der Waals surface area (Å²) in [5.74, 6) is 1.53. The quantitative estimate of drug-likeness (QED) is 0.243. The number of amides is 1. The van der Waals surface area contributed by atoms with Crippen LogP contribution in [0.25, 0.3) is 0 Å². The Bertz CT molecular complexity index is 1190. The second kappa shape index (κ2) is 13.0. The summed E-state index contributed by atoms with van der Waals surface area (Å²) in [6, 6.07) is 22.4. The van der Waals surface area contributed by atoms with Crippen LogP contribution in [0, 0.1) is 13.8 Å². The van der Waals surface area contributed by atoms with E-state index in [1.807, 2.05) is 37.1 Å². The predicted molar refractivity (Wildman–Crippen MR) is 149 cm³/mol. The summed E-state index contributed by atoms with van der Waals surface area (Å²) in [4.78, 5) is 13.9. The minimum absolute atomic E-state index is 0.163. The first-order chi connectivity index (χ1) is 16.8. The Kier molecular flexibility index (Phi) is 10.1. The molecular formula is C27H32N2O3S3.